The van der Waals surface area contributed by atoms with Crippen molar-refractivity contribution in [2.75, 3.05) is 0 Å². The van der Waals surface area contributed by atoms with Gasteiger partial charge in [0.2, 0.25) is 0 Å². The van der Waals surface area contributed by atoms with Gasteiger partial charge >= 0.3 is 0 Å². The molecule has 0 bridgehead atoms. The summed E-state index contributed by atoms with van der Waals surface area (Å²) in [7, 11) is 0. The fraction of sp³-hybridized carbons (Fsp3) is 0.500. The van der Waals surface area contributed by atoms with E-state index >= 15 is 0 Å². The van der Waals surface area contributed by atoms with Crippen LogP contribution in [-0.4, -0.2) is 5.91 Å². The molecule has 3 nitrogen and oxygen atoms in total. The van der Waals surface area contributed by atoms with E-state index in [9.17, 15) is 4.79 Å². The smallest absolute Gasteiger partial charge is 0.252 e. The van der Waals surface area contributed by atoms with Gasteiger partial charge in [-0.1, -0.05) is 50.8 Å². The molecule has 1 rings (SSSR count). The highest BCUT2D eigenvalue weighted by Crippen LogP contribution is 2.07. The number of rotatable bonds is 8. The van der Waals surface area contributed by atoms with E-state index in [-0.39, 0.29) is 5.91 Å². The number of unbranched alkanes of at least 4 members (excludes halogenated alkanes) is 4. The minimum atomic E-state index is -0.0506. The van der Waals surface area contributed by atoms with Crippen LogP contribution in [0.3, 0.4) is 0 Å². The lowest BCUT2D eigenvalue weighted by molar-refractivity contribution is -0.127. The minimum absolute atomic E-state index is 0.0506. The normalized spacial score (nSPS) is 9.94. The van der Waals surface area contributed by atoms with Crippen LogP contribution in [0, 0.1) is 0 Å². The fourth-order valence-corrected chi connectivity index (χ4v) is 1.54. The largest absolute Gasteiger partial charge is 0.380 e. The SMILES string of the molecule is CCCCCCCC(=O)NOc1ccccc1. The van der Waals surface area contributed by atoms with Crippen LogP contribution < -0.4 is 10.3 Å². The third kappa shape index (κ3) is 6.61. The summed E-state index contributed by atoms with van der Waals surface area (Å²) in [6.07, 6.45) is 6.28. The number of nitrogens with one attached hydrogen (secondary N) is 1. The van der Waals surface area contributed by atoms with E-state index in [1.165, 1.54) is 19.3 Å². The van der Waals surface area contributed by atoms with Gasteiger partial charge in [0.05, 0.1) is 0 Å². The Morgan fingerprint density at radius 1 is 1.12 bits per heavy atom. The lowest BCUT2D eigenvalue weighted by Crippen LogP contribution is -2.26. The number of benzene rings is 1. The van der Waals surface area contributed by atoms with E-state index in [2.05, 4.69) is 12.4 Å². The van der Waals surface area contributed by atoms with Crippen molar-refractivity contribution in [2.24, 2.45) is 0 Å². The molecule has 0 aliphatic heterocycles. The first-order valence-corrected chi connectivity index (χ1v) is 6.33. The molecule has 3 heteroatoms. The van der Waals surface area contributed by atoms with Crippen molar-refractivity contribution in [1.82, 2.24) is 5.48 Å². The lowest BCUT2D eigenvalue weighted by atomic mass is 10.1. The van der Waals surface area contributed by atoms with Crippen molar-refractivity contribution in [1.29, 1.82) is 0 Å². The highest BCUT2D eigenvalue weighted by Gasteiger charge is 2.01. The van der Waals surface area contributed by atoms with Crippen molar-refractivity contribution >= 4 is 5.91 Å². The van der Waals surface area contributed by atoms with Gasteiger partial charge in [-0.2, -0.15) is 5.48 Å². The molecule has 0 saturated heterocycles. The molecule has 1 aromatic carbocycles. The van der Waals surface area contributed by atoms with Gasteiger partial charge in [0.15, 0.2) is 5.75 Å². The summed E-state index contributed by atoms with van der Waals surface area (Å²) in [5, 5.41) is 0. The Kier molecular flexibility index (Phi) is 6.87. The van der Waals surface area contributed by atoms with E-state index in [0.717, 1.165) is 12.8 Å². The molecule has 0 unspecified atom stereocenters. The molecule has 0 saturated carbocycles. The molecule has 0 fully saturated rings. The number of hydrogen-bond donors (Lipinski definition) is 1. The van der Waals surface area contributed by atoms with Gasteiger partial charge in [0.1, 0.15) is 0 Å². The van der Waals surface area contributed by atoms with Crippen molar-refractivity contribution < 1.29 is 9.63 Å². The van der Waals surface area contributed by atoms with Crippen LogP contribution in [0.15, 0.2) is 30.3 Å². The summed E-state index contributed by atoms with van der Waals surface area (Å²) in [5.41, 5.74) is 2.45. The number of hydroxylamine groups is 1. The Hall–Kier alpha value is -1.51. The zero-order chi connectivity index (χ0) is 12.3. The van der Waals surface area contributed by atoms with Crippen LogP contribution in [0.1, 0.15) is 45.4 Å². The van der Waals surface area contributed by atoms with Crippen LogP contribution >= 0.6 is 0 Å². The minimum Gasteiger partial charge on any atom is -0.380 e. The molecule has 0 aliphatic carbocycles. The predicted octanol–water partition coefficient (Wildman–Crippen LogP) is 3.46. The number of amides is 1. The van der Waals surface area contributed by atoms with Gasteiger partial charge in [-0.25, -0.2) is 0 Å². The van der Waals surface area contributed by atoms with Crippen molar-refractivity contribution in [3.63, 3.8) is 0 Å². The maximum atomic E-state index is 11.4. The summed E-state index contributed by atoms with van der Waals surface area (Å²) < 4.78 is 0. The van der Waals surface area contributed by atoms with Crippen molar-refractivity contribution in [3.05, 3.63) is 30.3 Å². The Morgan fingerprint density at radius 3 is 2.53 bits per heavy atom. The maximum absolute atomic E-state index is 11.4. The molecule has 0 radical (unpaired) electrons. The third-order valence-corrected chi connectivity index (χ3v) is 2.53. The Balaban J connectivity index is 2.05. The second-order valence-corrected chi connectivity index (χ2v) is 4.10. The summed E-state index contributed by atoms with van der Waals surface area (Å²) >= 11 is 0. The number of carbonyl (C=O) groups excluding carboxylic acids is 1. The molecule has 0 spiro atoms. The second-order valence-electron chi connectivity index (χ2n) is 4.10. The Labute approximate surface area is 103 Å². The zero-order valence-electron chi connectivity index (χ0n) is 10.4. The molecular weight excluding hydrogens is 214 g/mol. The molecule has 0 aliphatic rings. The van der Waals surface area contributed by atoms with Crippen LogP contribution in [0.4, 0.5) is 0 Å². The monoisotopic (exact) mass is 235 g/mol. The summed E-state index contributed by atoms with van der Waals surface area (Å²) in [6, 6.07) is 9.25. The number of carbonyl (C=O) groups is 1. The van der Waals surface area contributed by atoms with Crippen LogP contribution in [0.5, 0.6) is 5.75 Å². The van der Waals surface area contributed by atoms with E-state index in [1.807, 2.05) is 30.3 Å². The first-order chi connectivity index (χ1) is 8.33. The fourth-order valence-electron chi connectivity index (χ4n) is 1.54. The Bertz CT molecular complexity index is 311. The maximum Gasteiger partial charge on any atom is 0.252 e. The Morgan fingerprint density at radius 2 is 1.82 bits per heavy atom. The zero-order valence-corrected chi connectivity index (χ0v) is 10.4. The van der Waals surface area contributed by atoms with E-state index in [0.29, 0.717) is 12.2 Å². The molecule has 1 N–H and O–H groups in total. The second kappa shape index (κ2) is 8.62. The average molecular weight is 235 g/mol. The van der Waals surface area contributed by atoms with Crippen LogP contribution in [0.25, 0.3) is 0 Å². The highest BCUT2D eigenvalue weighted by molar-refractivity contribution is 5.74. The standard InChI is InChI=1S/C14H21NO2/c1-2-3-4-5-9-12-14(16)15-17-13-10-7-6-8-11-13/h6-8,10-11H,2-5,9,12H2,1H3,(H,15,16). The van der Waals surface area contributed by atoms with Crippen molar-refractivity contribution in [3.8, 4) is 5.75 Å². The van der Waals surface area contributed by atoms with Gasteiger partial charge in [0, 0.05) is 6.42 Å². The molecule has 1 aromatic rings. The molecule has 1 amide bonds. The highest BCUT2D eigenvalue weighted by atomic mass is 16.7. The molecule has 0 atom stereocenters. The first kappa shape index (κ1) is 13.6. The molecular formula is C14H21NO2. The number of hydrogen-bond acceptors (Lipinski definition) is 2. The van der Waals surface area contributed by atoms with Gasteiger partial charge in [-0.3, -0.25) is 4.79 Å². The van der Waals surface area contributed by atoms with E-state index < -0.39 is 0 Å². The van der Waals surface area contributed by atoms with Crippen molar-refractivity contribution in [2.45, 2.75) is 45.4 Å². The topological polar surface area (TPSA) is 38.3 Å². The first-order valence-electron chi connectivity index (χ1n) is 6.33. The van der Waals surface area contributed by atoms with E-state index in [1.54, 1.807) is 0 Å². The number of para-hydroxylation sites is 1. The van der Waals surface area contributed by atoms with Gasteiger partial charge in [-0.15, -0.1) is 0 Å². The molecule has 0 heterocycles. The van der Waals surface area contributed by atoms with E-state index in [4.69, 9.17) is 4.84 Å². The van der Waals surface area contributed by atoms with Crippen LogP contribution in [0.2, 0.25) is 0 Å². The molecule has 94 valence electrons. The molecule has 17 heavy (non-hydrogen) atoms. The van der Waals surface area contributed by atoms with Gasteiger partial charge in [0.25, 0.3) is 5.91 Å². The van der Waals surface area contributed by atoms with Gasteiger partial charge in [-0.05, 0) is 18.6 Å². The average Bonchev–Trinajstić information content (AvgIpc) is 2.37. The quantitative estimate of drug-likeness (QED) is 0.553. The summed E-state index contributed by atoms with van der Waals surface area (Å²) in [4.78, 5) is 16.6. The summed E-state index contributed by atoms with van der Waals surface area (Å²) in [5.74, 6) is 0.609. The van der Waals surface area contributed by atoms with Gasteiger partial charge < -0.3 is 4.84 Å². The third-order valence-electron chi connectivity index (χ3n) is 2.53. The summed E-state index contributed by atoms with van der Waals surface area (Å²) in [6.45, 7) is 2.18. The molecule has 0 aromatic heterocycles. The lowest BCUT2D eigenvalue weighted by Gasteiger charge is -2.06. The van der Waals surface area contributed by atoms with Crippen LogP contribution in [-0.2, 0) is 4.79 Å². The predicted molar refractivity (Wildman–Crippen MR) is 68.6 cm³/mol.